The van der Waals surface area contributed by atoms with Crippen LogP contribution in [0.3, 0.4) is 0 Å². The van der Waals surface area contributed by atoms with E-state index in [0.29, 0.717) is 36.5 Å². The van der Waals surface area contributed by atoms with Crippen molar-refractivity contribution in [1.82, 2.24) is 5.43 Å². The fraction of sp³-hybridized carbons (Fsp3) is 0.348. The van der Waals surface area contributed by atoms with Crippen LogP contribution in [-0.4, -0.2) is 43.5 Å². The minimum absolute atomic E-state index is 0.172. The first kappa shape index (κ1) is 23.7. The van der Waals surface area contributed by atoms with Crippen molar-refractivity contribution in [3.8, 4) is 17.2 Å². The maximum absolute atomic E-state index is 12.0. The van der Waals surface area contributed by atoms with Crippen molar-refractivity contribution >= 4 is 18.1 Å². The molecule has 0 bridgehead atoms. The number of carboxylic acid groups (broad SMARTS) is 1. The minimum atomic E-state index is -1.07. The van der Waals surface area contributed by atoms with Crippen LogP contribution in [0, 0.1) is 6.92 Å². The summed E-state index contributed by atoms with van der Waals surface area (Å²) in [5.74, 6) is 0.322. The van der Waals surface area contributed by atoms with Crippen LogP contribution >= 0.6 is 0 Å². The van der Waals surface area contributed by atoms with Crippen LogP contribution in [0.15, 0.2) is 41.5 Å². The number of aryl methyl sites for hydroxylation is 2. The average molecular weight is 428 g/mol. The molecule has 0 atom stereocenters. The highest BCUT2D eigenvalue weighted by molar-refractivity contribution is 5.83. The van der Waals surface area contributed by atoms with Gasteiger partial charge in [0.2, 0.25) is 5.91 Å². The lowest BCUT2D eigenvalue weighted by Crippen LogP contribution is -2.17. The van der Waals surface area contributed by atoms with Gasteiger partial charge in [0.1, 0.15) is 5.75 Å². The summed E-state index contributed by atoms with van der Waals surface area (Å²) in [6.45, 7) is 3.78. The molecule has 2 aromatic carbocycles. The van der Waals surface area contributed by atoms with E-state index in [9.17, 15) is 9.59 Å². The smallest absolute Gasteiger partial charge is 0.341 e. The van der Waals surface area contributed by atoms with E-state index in [1.54, 1.807) is 25.3 Å². The van der Waals surface area contributed by atoms with Gasteiger partial charge >= 0.3 is 5.97 Å². The van der Waals surface area contributed by atoms with Gasteiger partial charge in [-0.1, -0.05) is 6.07 Å². The number of hydrogen-bond donors (Lipinski definition) is 2. The van der Waals surface area contributed by atoms with Crippen molar-refractivity contribution in [3.63, 3.8) is 0 Å². The summed E-state index contributed by atoms with van der Waals surface area (Å²) in [6, 6.07) is 10.9. The number of hydrogen-bond acceptors (Lipinski definition) is 6. The van der Waals surface area contributed by atoms with Crippen LogP contribution in [0.25, 0.3) is 0 Å². The number of benzene rings is 2. The monoisotopic (exact) mass is 428 g/mol. The Labute approximate surface area is 181 Å². The molecular weight excluding hydrogens is 400 g/mol. The Kier molecular flexibility index (Phi) is 9.35. The van der Waals surface area contributed by atoms with E-state index in [2.05, 4.69) is 10.5 Å². The molecule has 8 nitrogen and oxygen atoms in total. The number of carboxylic acids is 1. The highest BCUT2D eigenvalue weighted by Gasteiger charge is 2.08. The van der Waals surface area contributed by atoms with Crippen LogP contribution in [0.1, 0.15) is 36.5 Å². The summed E-state index contributed by atoms with van der Waals surface area (Å²) in [6.07, 6.45) is 3.35. The Hall–Kier alpha value is -3.55. The number of ether oxygens (including phenoxy) is 3. The summed E-state index contributed by atoms with van der Waals surface area (Å²) >= 11 is 0. The lowest BCUT2D eigenvalue weighted by Gasteiger charge is -2.11. The fourth-order valence-electron chi connectivity index (χ4n) is 2.88. The first-order valence-electron chi connectivity index (χ1n) is 9.99. The third-order valence-corrected chi connectivity index (χ3v) is 4.42. The standard InChI is InChI=1S/C23H28N2O6/c1-4-30-21-13-17(8-11-20(21)31-15-23(27)28)14-24-25-22(26)7-5-6-18-9-10-19(29-3)12-16(18)2/h8-14H,4-7,15H2,1-3H3,(H,25,26)(H,27,28)/b24-14-. The summed E-state index contributed by atoms with van der Waals surface area (Å²) in [5, 5.41) is 12.7. The van der Waals surface area contributed by atoms with Gasteiger partial charge in [-0.15, -0.1) is 0 Å². The van der Waals surface area contributed by atoms with Gasteiger partial charge in [-0.2, -0.15) is 5.10 Å². The maximum atomic E-state index is 12.0. The number of carbonyl (C=O) groups is 2. The lowest BCUT2D eigenvalue weighted by atomic mass is 10.0. The maximum Gasteiger partial charge on any atom is 0.341 e. The van der Waals surface area contributed by atoms with E-state index in [1.165, 1.54) is 11.8 Å². The largest absolute Gasteiger partial charge is 0.497 e. The quantitative estimate of drug-likeness (QED) is 0.397. The van der Waals surface area contributed by atoms with Crippen molar-refractivity contribution in [3.05, 3.63) is 53.1 Å². The molecule has 31 heavy (non-hydrogen) atoms. The zero-order valence-corrected chi connectivity index (χ0v) is 18.0. The zero-order chi connectivity index (χ0) is 22.6. The molecular formula is C23H28N2O6. The second kappa shape index (κ2) is 12.2. The number of nitrogens with one attached hydrogen (secondary N) is 1. The van der Waals surface area contributed by atoms with E-state index in [0.717, 1.165) is 17.7 Å². The molecule has 0 saturated heterocycles. The van der Waals surface area contributed by atoms with E-state index in [4.69, 9.17) is 19.3 Å². The molecule has 166 valence electrons. The summed E-state index contributed by atoms with van der Waals surface area (Å²) in [5.41, 5.74) is 5.52. The van der Waals surface area contributed by atoms with Gasteiger partial charge in [-0.05, 0) is 73.7 Å². The third kappa shape index (κ3) is 8.00. The molecule has 0 aliphatic heterocycles. The van der Waals surface area contributed by atoms with Gasteiger partial charge in [0.25, 0.3) is 0 Å². The molecule has 0 aliphatic rings. The van der Waals surface area contributed by atoms with Crippen molar-refractivity contribution in [2.24, 2.45) is 5.10 Å². The van der Waals surface area contributed by atoms with Gasteiger partial charge in [0.15, 0.2) is 18.1 Å². The molecule has 2 aromatic rings. The Bertz CT molecular complexity index is 926. The molecule has 0 aromatic heterocycles. The Morgan fingerprint density at radius 2 is 1.94 bits per heavy atom. The number of aliphatic carboxylic acids is 1. The molecule has 0 saturated carbocycles. The third-order valence-electron chi connectivity index (χ3n) is 4.42. The average Bonchev–Trinajstić information content (AvgIpc) is 2.74. The molecule has 0 fully saturated rings. The first-order chi connectivity index (χ1) is 14.9. The SMILES string of the molecule is CCOc1cc(/C=N\NC(=O)CCCc2ccc(OC)cc2C)ccc1OCC(=O)O. The number of amides is 1. The molecule has 0 heterocycles. The molecule has 8 heteroatoms. The molecule has 2 N–H and O–H groups in total. The normalized spacial score (nSPS) is 10.7. The number of rotatable bonds is 12. The van der Waals surface area contributed by atoms with Gasteiger partial charge in [0, 0.05) is 6.42 Å². The molecule has 2 rings (SSSR count). The molecule has 0 aliphatic carbocycles. The summed E-state index contributed by atoms with van der Waals surface area (Å²) in [7, 11) is 1.64. The highest BCUT2D eigenvalue weighted by atomic mass is 16.5. The van der Waals surface area contributed by atoms with Crippen LogP contribution in [0.5, 0.6) is 17.2 Å². The minimum Gasteiger partial charge on any atom is -0.497 e. The van der Waals surface area contributed by atoms with Crippen molar-refractivity contribution < 1.29 is 28.9 Å². The molecule has 1 amide bonds. The number of nitrogens with zero attached hydrogens (tertiary/aromatic N) is 1. The van der Waals surface area contributed by atoms with Crippen molar-refractivity contribution in [2.45, 2.75) is 33.1 Å². The van der Waals surface area contributed by atoms with Crippen molar-refractivity contribution in [2.75, 3.05) is 20.3 Å². The van der Waals surface area contributed by atoms with Crippen LogP contribution in [-0.2, 0) is 16.0 Å². The second-order valence-electron chi connectivity index (χ2n) is 6.76. The van der Waals surface area contributed by atoms with E-state index < -0.39 is 12.6 Å². The Balaban J connectivity index is 1.84. The van der Waals surface area contributed by atoms with E-state index in [-0.39, 0.29) is 5.91 Å². The predicted octanol–water partition coefficient (Wildman–Crippen LogP) is 3.34. The van der Waals surface area contributed by atoms with Gasteiger partial charge < -0.3 is 19.3 Å². The van der Waals surface area contributed by atoms with Crippen molar-refractivity contribution in [1.29, 1.82) is 0 Å². The molecule has 0 radical (unpaired) electrons. The lowest BCUT2D eigenvalue weighted by molar-refractivity contribution is -0.139. The highest BCUT2D eigenvalue weighted by Crippen LogP contribution is 2.28. The van der Waals surface area contributed by atoms with Gasteiger partial charge in [-0.25, -0.2) is 10.2 Å². The number of carbonyl (C=O) groups excluding carboxylic acids is 1. The topological polar surface area (TPSA) is 106 Å². The fourth-order valence-corrected chi connectivity index (χ4v) is 2.88. The van der Waals surface area contributed by atoms with E-state index >= 15 is 0 Å². The Morgan fingerprint density at radius 1 is 1.13 bits per heavy atom. The van der Waals surface area contributed by atoms with Crippen LogP contribution in [0.2, 0.25) is 0 Å². The molecule has 0 unspecified atom stereocenters. The predicted molar refractivity (Wildman–Crippen MR) is 117 cm³/mol. The summed E-state index contributed by atoms with van der Waals surface area (Å²) in [4.78, 5) is 22.7. The summed E-state index contributed by atoms with van der Waals surface area (Å²) < 4.78 is 15.9. The number of methoxy groups -OCH3 is 1. The van der Waals surface area contributed by atoms with Crippen LogP contribution < -0.4 is 19.6 Å². The number of hydrazone groups is 1. The molecule has 0 spiro atoms. The van der Waals surface area contributed by atoms with Gasteiger partial charge in [-0.3, -0.25) is 4.79 Å². The Morgan fingerprint density at radius 3 is 2.61 bits per heavy atom. The van der Waals surface area contributed by atoms with Crippen LogP contribution in [0.4, 0.5) is 0 Å². The zero-order valence-electron chi connectivity index (χ0n) is 18.0. The first-order valence-corrected chi connectivity index (χ1v) is 9.99. The van der Waals surface area contributed by atoms with Gasteiger partial charge in [0.05, 0.1) is 19.9 Å². The van der Waals surface area contributed by atoms with E-state index in [1.807, 2.05) is 32.0 Å². The second-order valence-corrected chi connectivity index (χ2v) is 6.76.